The van der Waals surface area contributed by atoms with E-state index in [1.807, 2.05) is 14.0 Å². The number of amides is 1. The molecule has 3 aliphatic carbocycles. The number of carbonyl (C=O) groups is 1. The summed E-state index contributed by atoms with van der Waals surface area (Å²) < 4.78 is 1.69. The molecule has 0 bridgehead atoms. The van der Waals surface area contributed by atoms with Crippen molar-refractivity contribution in [1.82, 2.24) is 9.78 Å². The van der Waals surface area contributed by atoms with Crippen molar-refractivity contribution in [3.63, 3.8) is 0 Å². The fraction of sp³-hybridized carbons (Fsp3) is 0.444. The molecule has 0 aliphatic heterocycles. The summed E-state index contributed by atoms with van der Waals surface area (Å²) in [5.74, 6) is 3.22. The largest absolute Gasteiger partial charge is 0.322 e. The van der Waals surface area contributed by atoms with Gasteiger partial charge in [-0.05, 0) is 60.6 Å². The molecule has 1 aromatic carbocycles. The molecule has 22 heavy (non-hydrogen) atoms. The highest BCUT2D eigenvalue weighted by molar-refractivity contribution is 6.05. The van der Waals surface area contributed by atoms with Crippen molar-refractivity contribution in [3.8, 4) is 0 Å². The van der Waals surface area contributed by atoms with E-state index in [-0.39, 0.29) is 5.91 Å². The monoisotopic (exact) mass is 293 g/mol. The van der Waals surface area contributed by atoms with Crippen LogP contribution in [0.4, 0.5) is 5.69 Å². The predicted octanol–water partition coefficient (Wildman–Crippen LogP) is 3.20. The predicted molar refractivity (Wildman–Crippen MR) is 84.0 cm³/mol. The molecule has 112 valence electrons. The summed E-state index contributed by atoms with van der Waals surface area (Å²) in [4.78, 5) is 12.6. The number of nitrogens with zero attached hydrogens (tertiary/aromatic N) is 2. The molecular weight excluding hydrogens is 274 g/mol. The van der Waals surface area contributed by atoms with E-state index in [2.05, 4.69) is 28.6 Å². The summed E-state index contributed by atoms with van der Waals surface area (Å²) in [5.41, 5.74) is 5.37. The third-order valence-corrected chi connectivity index (χ3v) is 5.88. The number of fused-ring (bicyclic) bond motifs is 4. The molecule has 4 atom stereocenters. The smallest absolute Gasteiger partial charge is 0.259 e. The number of hydrogen-bond donors (Lipinski definition) is 1. The molecule has 2 saturated carbocycles. The molecule has 0 saturated heterocycles. The van der Waals surface area contributed by atoms with E-state index in [9.17, 15) is 4.79 Å². The molecule has 5 rings (SSSR count). The van der Waals surface area contributed by atoms with Gasteiger partial charge in [-0.15, -0.1) is 0 Å². The summed E-state index contributed by atoms with van der Waals surface area (Å²) in [5, 5.41) is 7.40. The van der Waals surface area contributed by atoms with Gasteiger partial charge in [-0.25, -0.2) is 0 Å². The van der Waals surface area contributed by atoms with Crippen molar-refractivity contribution in [1.29, 1.82) is 0 Å². The van der Waals surface area contributed by atoms with Crippen molar-refractivity contribution >= 4 is 11.6 Å². The summed E-state index contributed by atoms with van der Waals surface area (Å²) in [6, 6.07) is 6.41. The standard InChI is InChI=1S/C18H19N3O/c1-9-13(8-21(2)20-9)18(22)19-14-5-3-4-10-15(14)11-6-7-12-16(10)17(11)12/h3-5,8,11-12,16-17H,6-7H2,1-2H3,(H,19,22). The number of anilines is 1. The quantitative estimate of drug-likeness (QED) is 0.924. The highest BCUT2D eigenvalue weighted by Gasteiger charge is 2.64. The van der Waals surface area contributed by atoms with Crippen molar-refractivity contribution in [3.05, 3.63) is 46.8 Å². The van der Waals surface area contributed by atoms with Gasteiger partial charge in [0.1, 0.15) is 0 Å². The van der Waals surface area contributed by atoms with Crippen LogP contribution in [0.3, 0.4) is 0 Å². The van der Waals surface area contributed by atoms with Gasteiger partial charge in [0.2, 0.25) is 0 Å². The molecule has 0 spiro atoms. The minimum absolute atomic E-state index is 0.0471. The van der Waals surface area contributed by atoms with Gasteiger partial charge >= 0.3 is 0 Å². The summed E-state index contributed by atoms with van der Waals surface area (Å²) in [6.45, 7) is 1.88. The second-order valence-corrected chi connectivity index (χ2v) is 7.02. The maximum Gasteiger partial charge on any atom is 0.259 e. The molecule has 2 aromatic rings. The van der Waals surface area contributed by atoms with Gasteiger partial charge in [-0.2, -0.15) is 5.10 Å². The molecule has 0 radical (unpaired) electrons. The topological polar surface area (TPSA) is 46.9 Å². The number of hydrogen-bond acceptors (Lipinski definition) is 2. The summed E-state index contributed by atoms with van der Waals surface area (Å²) in [6.07, 6.45) is 4.44. The van der Waals surface area contributed by atoms with Crippen molar-refractivity contribution < 1.29 is 4.79 Å². The van der Waals surface area contributed by atoms with Crippen molar-refractivity contribution in [2.75, 3.05) is 5.32 Å². The van der Waals surface area contributed by atoms with Crippen LogP contribution in [0.15, 0.2) is 24.4 Å². The lowest BCUT2D eigenvalue weighted by molar-refractivity contribution is 0.102. The average molecular weight is 293 g/mol. The number of nitrogens with one attached hydrogen (secondary N) is 1. The van der Waals surface area contributed by atoms with Gasteiger partial charge < -0.3 is 5.32 Å². The van der Waals surface area contributed by atoms with Gasteiger partial charge in [0.15, 0.2) is 0 Å². The van der Waals surface area contributed by atoms with Crippen LogP contribution in [0, 0.1) is 18.8 Å². The highest BCUT2D eigenvalue weighted by atomic mass is 16.1. The van der Waals surface area contributed by atoms with Crippen LogP contribution >= 0.6 is 0 Å². The molecule has 4 nitrogen and oxygen atoms in total. The van der Waals surface area contributed by atoms with Gasteiger partial charge in [0.05, 0.1) is 11.3 Å². The zero-order valence-electron chi connectivity index (χ0n) is 12.8. The van der Waals surface area contributed by atoms with Crippen LogP contribution in [0.1, 0.15) is 51.9 Å². The van der Waals surface area contributed by atoms with Crippen molar-refractivity contribution in [2.45, 2.75) is 31.6 Å². The fourth-order valence-electron chi connectivity index (χ4n) is 5.07. The summed E-state index contributed by atoms with van der Waals surface area (Å²) >= 11 is 0. The Morgan fingerprint density at radius 2 is 2.23 bits per heavy atom. The summed E-state index contributed by atoms with van der Waals surface area (Å²) in [7, 11) is 1.84. The lowest BCUT2D eigenvalue weighted by Crippen LogP contribution is -2.14. The van der Waals surface area contributed by atoms with Gasteiger partial charge in [-0.1, -0.05) is 12.1 Å². The third-order valence-electron chi connectivity index (χ3n) is 5.88. The van der Waals surface area contributed by atoms with Crippen LogP contribution in [0.5, 0.6) is 0 Å². The zero-order chi connectivity index (χ0) is 15.0. The van der Waals surface area contributed by atoms with Crippen LogP contribution < -0.4 is 5.32 Å². The molecular formula is C18H19N3O. The second-order valence-electron chi connectivity index (χ2n) is 7.02. The van der Waals surface area contributed by atoms with E-state index in [0.717, 1.165) is 29.1 Å². The van der Waals surface area contributed by atoms with E-state index in [0.29, 0.717) is 11.5 Å². The Balaban J connectivity index is 1.51. The lowest BCUT2D eigenvalue weighted by Gasteiger charge is -2.16. The molecule has 4 unspecified atom stereocenters. The molecule has 1 heterocycles. The normalized spacial score (nSPS) is 30.1. The first-order valence-electron chi connectivity index (χ1n) is 8.09. The molecule has 4 heteroatoms. The zero-order valence-corrected chi connectivity index (χ0v) is 12.8. The van der Waals surface area contributed by atoms with E-state index >= 15 is 0 Å². The van der Waals surface area contributed by atoms with Crippen LogP contribution in [-0.4, -0.2) is 15.7 Å². The Hall–Kier alpha value is -2.10. The van der Waals surface area contributed by atoms with Crippen LogP contribution in [0.2, 0.25) is 0 Å². The number of rotatable bonds is 2. The van der Waals surface area contributed by atoms with E-state index in [1.54, 1.807) is 10.9 Å². The molecule has 1 aromatic heterocycles. The van der Waals surface area contributed by atoms with Gasteiger partial charge in [0, 0.05) is 18.9 Å². The second kappa shape index (κ2) is 4.00. The van der Waals surface area contributed by atoms with Gasteiger partial charge in [-0.3, -0.25) is 9.48 Å². The number of benzene rings is 1. The minimum Gasteiger partial charge on any atom is -0.322 e. The molecule has 2 fully saturated rings. The van der Waals surface area contributed by atoms with E-state index in [1.165, 1.54) is 24.0 Å². The molecule has 1 N–H and O–H groups in total. The maximum absolute atomic E-state index is 12.6. The average Bonchev–Trinajstić information content (AvgIpc) is 2.74. The lowest BCUT2D eigenvalue weighted by atomic mass is 9.95. The van der Waals surface area contributed by atoms with E-state index in [4.69, 9.17) is 0 Å². The number of aromatic nitrogens is 2. The maximum atomic E-state index is 12.6. The highest BCUT2D eigenvalue weighted by Crippen LogP contribution is 2.75. The number of aryl methyl sites for hydroxylation is 2. The first-order chi connectivity index (χ1) is 10.6. The van der Waals surface area contributed by atoms with Gasteiger partial charge in [0.25, 0.3) is 5.91 Å². The Bertz CT molecular complexity index is 807. The fourth-order valence-corrected chi connectivity index (χ4v) is 5.07. The van der Waals surface area contributed by atoms with Crippen LogP contribution in [0.25, 0.3) is 0 Å². The Morgan fingerprint density at radius 3 is 3.00 bits per heavy atom. The minimum atomic E-state index is -0.0471. The molecule has 3 aliphatic rings. The Kier molecular flexibility index (Phi) is 2.26. The first-order valence-corrected chi connectivity index (χ1v) is 8.09. The van der Waals surface area contributed by atoms with E-state index < -0.39 is 0 Å². The number of carbonyl (C=O) groups excluding carboxylic acids is 1. The third kappa shape index (κ3) is 1.47. The van der Waals surface area contributed by atoms with Crippen LogP contribution in [-0.2, 0) is 7.05 Å². The SMILES string of the molecule is Cc1nn(C)cc1C(=O)Nc1cccc2c1C1CCC3C2C13. The Morgan fingerprint density at radius 1 is 1.36 bits per heavy atom. The molecule has 1 amide bonds. The first kappa shape index (κ1) is 12.4. The Labute approximate surface area is 129 Å². The van der Waals surface area contributed by atoms with Crippen molar-refractivity contribution in [2.24, 2.45) is 18.9 Å².